The molecule has 0 aliphatic carbocycles. The molecule has 2 aromatic carbocycles. The van der Waals surface area contributed by atoms with Gasteiger partial charge in [-0.1, -0.05) is 70.9 Å². The Hall–Kier alpha value is -6.04. The van der Waals surface area contributed by atoms with Crippen LogP contribution in [0.5, 0.6) is 0 Å². The minimum Gasteiger partial charge on any atom is -0.464 e. The zero-order valence-electron chi connectivity index (χ0n) is 40.8. The van der Waals surface area contributed by atoms with E-state index in [1.807, 2.05) is 45.9 Å². The molecule has 0 radical (unpaired) electrons. The lowest BCUT2D eigenvalue weighted by Crippen LogP contribution is -2.62. The predicted molar refractivity (Wildman–Crippen MR) is 258 cm³/mol. The molecule has 3 aliphatic rings. The first-order chi connectivity index (χ1) is 32.0. The van der Waals surface area contributed by atoms with Crippen LogP contribution in [0.4, 0.5) is 0 Å². The first-order valence-electron chi connectivity index (χ1n) is 23.7. The molecule has 356 valence electrons. The number of pyridine rings is 1. The highest BCUT2D eigenvalue weighted by Crippen LogP contribution is 2.42. The molecule has 2 fully saturated rings. The second kappa shape index (κ2) is 20.4. The molecule has 14 nitrogen and oxygen atoms in total. The van der Waals surface area contributed by atoms with E-state index in [1.54, 1.807) is 32.2 Å². The number of rotatable bonds is 9. The molecular formula is C53H67N7O7. The van der Waals surface area contributed by atoms with Gasteiger partial charge in [-0.05, 0) is 104 Å². The summed E-state index contributed by atoms with van der Waals surface area (Å²) in [6.07, 6.45) is 3.28. The molecule has 1 unspecified atom stereocenters. The number of hydrogen-bond acceptors (Lipinski definition) is 9. The highest BCUT2D eigenvalue weighted by molar-refractivity contribution is 5.97. The fraction of sp³-hybridized carbons (Fsp3) is 0.509. The van der Waals surface area contributed by atoms with Crippen LogP contribution in [0.1, 0.15) is 91.2 Å². The zero-order chi connectivity index (χ0) is 48.3. The van der Waals surface area contributed by atoms with Crippen LogP contribution in [0.3, 0.4) is 0 Å². The number of cyclic esters (lactones) is 1. The normalized spacial score (nSPS) is 21.8. The number of ether oxygens (including phenoxy) is 2. The lowest BCUT2D eigenvalue weighted by atomic mass is 9.84. The molecule has 4 aromatic rings. The van der Waals surface area contributed by atoms with Gasteiger partial charge in [-0.2, -0.15) is 0 Å². The number of carbonyl (C=O) groups is 5. The number of benzene rings is 2. The summed E-state index contributed by atoms with van der Waals surface area (Å²) < 4.78 is 14.3. The molecule has 2 saturated heterocycles. The Kier molecular flexibility index (Phi) is 14.9. The first-order valence-corrected chi connectivity index (χ1v) is 23.7. The summed E-state index contributed by atoms with van der Waals surface area (Å²) in [5, 5.41) is 5.59. The van der Waals surface area contributed by atoms with Gasteiger partial charge in [-0.15, -0.1) is 0 Å². The van der Waals surface area contributed by atoms with Crippen LogP contribution in [0, 0.1) is 35.0 Å². The quantitative estimate of drug-likeness (QED) is 0.145. The standard InChI is InChI=1S/C53H67N7O7/c1-11-16-45(61)58-29-33(5)41(30-58)50(63)57(9)47(32(3)4)49(62)55-43-26-35-17-13-18-36(25-35)37-21-22-44-39(27-37)40(48(59(44)12-2)38-19-14-23-54-46(38)34(6)66-10)28-53(7,8)31-67-52(65)42-20-15-24-60(56-42)51(43)64/h13-14,17-19,21-23,25,27,32-34,41-43,47,56H,12,15,20,24,26,28-31H2,1-10H3,(H,55,62)/t33-,34-,41+,42-,43-,47?/m0/s1. The molecule has 5 heterocycles. The van der Waals surface area contributed by atoms with Gasteiger partial charge in [0.1, 0.15) is 18.1 Å². The smallest absolute Gasteiger partial charge is 0.324 e. The average Bonchev–Trinajstić information content (AvgIpc) is 3.85. The molecule has 2 aromatic heterocycles. The molecule has 67 heavy (non-hydrogen) atoms. The maximum Gasteiger partial charge on any atom is 0.324 e. The van der Waals surface area contributed by atoms with Gasteiger partial charge in [0, 0.05) is 74.8 Å². The topological polar surface area (TPSA) is 155 Å². The van der Waals surface area contributed by atoms with Gasteiger partial charge in [0.15, 0.2) is 0 Å². The predicted octanol–water partition coefficient (Wildman–Crippen LogP) is 6.35. The number of hydrazine groups is 1. The van der Waals surface area contributed by atoms with Gasteiger partial charge < -0.3 is 29.2 Å². The van der Waals surface area contributed by atoms with Crippen molar-refractivity contribution < 1.29 is 33.4 Å². The van der Waals surface area contributed by atoms with Crippen molar-refractivity contribution in [1.82, 2.24) is 35.1 Å². The van der Waals surface area contributed by atoms with Crippen molar-refractivity contribution in [2.75, 3.05) is 40.4 Å². The summed E-state index contributed by atoms with van der Waals surface area (Å²) >= 11 is 0. The SMILES string of the molecule is CC#CC(=O)N1C[C@H](C)[C@H](C(=O)N(C)C(C(=O)N[C@H]2Cc3cccc(c3)-c3ccc4c(c3)c(c(-c3cccnc3[C@H](C)OC)n4CC)CC(C)(C)COC(=O)[C@@H]3CCCN(N3)C2=O)C(C)C)C1. The van der Waals surface area contributed by atoms with E-state index in [0.717, 1.165) is 50.1 Å². The van der Waals surface area contributed by atoms with Crippen molar-refractivity contribution >= 4 is 40.5 Å². The van der Waals surface area contributed by atoms with E-state index >= 15 is 0 Å². The van der Waals surface area contributed by atoms with E-state index < -0.39 is 47.2 Å². The lowest BCUT2D eigenvalue weighted by molar-refractivity contribution is -0.155. The van der Waals surface area contributed by atoms with Crippen LogP contribution in [-0.4, -0.2) is 112 Å². The van der Waals surface area contributed by atoms with Gasteiger partial charge in [0.25, 0.3) is 11.8 Å². The second-order valence-electron chi connectivity index (χ2n) is 19.7. The summed E-state index contributed by atoms with van der Waals surface area (Å²) in [6.45, 7) is 17.4. The van der Waals surface area contributed by atoms with Gasteiger partial charge in [-0.3, -0.25) is 34.0 Å². The number of likely N-dealkylation sites (N-methyl/N-ethyl adjacent to an activating group) is 1. The third kappa shape index (κ3) is 10.3. The molecule has 14 heteroatoms. The van der Waals surface area contributed by atoms with Crippen molar-refractivity contribution in [1.29, 1.82) is 0 Å². The van der Waals surface area contributed by atoms with Gasteiger partial charge in [-0.25, -0.2) is 5.43 Å². The fourth-order valence-corrected chi connectivity index (χ4v) is 10.2. The minimum atomic E-state index is -1.06. The number of carbonyl (C=O) groups excluding carboxylic acids is 5. The summed E-state index contributed by atoms with van der Waals surface area (Å²) in [4.78, 5) is 78.0. The maximum atomic E-state index is 14.8. The van der Waals surface area contributed by atoms with Gasteiger partial charge in [0.05, 0.1) is 30.0 Å². The van der Waals surface area contributed by atoms with Gasteiger partial charge in [0.2, 0.25) is 11.8 Å². The number of amides is 4. The summed E-state index contributed by atoms with van der Waals surface area (Å²) in [5.74, 6) is 2.33. The number of likely N-dealkylation sites (tertiary alicyclic amines) is 1. The summed E-state index contributed by atoms with van der Waals surface area (Å²) in [7, 11) is 3.30. The van der Waals surface area contributed by atoms with Crippen molar-refractivity contribution in [2.24, 2.45) is 23.2 Å². The number of nitrogens with one attached hydrogen (secondary N) is 2. The minimum absolute atomic E-state index is 0.134. The Balaban J connectivity index is 1.28. The monoisotopic (exact) mass is 914 g/mol. The average molecular weight is 914 g/mol. The molecule has 2 N–H and O–H groups in total. The maximum absolute atomic E-state index is 14.8. The Morgan fingerprint density at radius 1 is 1.06 bits per heavy atom. The van der Waals surface area contributed by atoms with E-state index in [0.29, 0.717) is 38.9 Å². The van der Waals surface area contributed by atoms with Crippen molar-refractivity contribution in [2.45, 2.75) is 112 Å². The third-order valence-corrected chi connectivity index (χ3v) is 13.7. The first kappa shape index (κ1) is 48.9. The summed E-state index contributed by atoms with van der Waals surface area (Å²) in [5.41, 5.74) is 10.5. The van der Waals surface area contributed by atoms with Crippen LogP contribution in [-0.2, 0) is 52.8 Å². The number of aryl methyl sites for hydroxylation is 1. The van der Waals surface area contributed by atoms with Crippen LogP contribution in [0.2, 0.25) is 0 Å². The number of methoxy groups -OCH3 is 1. The van der Waals surface area contributed by atoms with Crippen LogP contribution >= 0.6 is 0 Å². The van der Waals surface area contributed by atoms with E-state index in [9.17, 15) is 24.0 Å². The number of fused-ring (bicyclic) bond motifs is 6. The second-order valence-corrected chi connectivity index (χ2v) is 19.7. The van der Waals surface area contributed by atoms with Crippen molar-refractivity contribution in [3.05, 3.63) is 77.6 Å². The number of esters is 1. The molecule has 0 spiro atoms. The van der Waals surface area contributed by atoms with Gasteiger partial charge >= 0.3 is 5.97 Å². The summed E-state index contributed by atoms with van der Waals surface area (Å²) in [6, 6.07) is 15.8. The highest BCUT2D eigenvalue weighted by Gasteiger charge is 2.42. The Bertz CT molecular complexity index is 2590. The van der Waals surface area contributed by atoms with Crippen molar-refractivity contribution in [3.63, 3.8) is 0 Å². The number of hydrogen-bond donors (Lipinski definition) is 2. The zero-order valence-corrected chi connectivity index (χ0v) is 40.8. The molecule has 3 aliphatic heterocycles. The van der Waals surface area contributed by atoms with E-state index in [1.165, 1.54) is 9.91 Å². The molecule has 4 amide bonds. The third-order valence-electron chi connectivity index (χ3n) is 13.7. The Morgan fingerprint density at radius 2 is 1.82 bits per heavy atom. The molecule has 7 rings (SSSR count). The largest absolute Gasteiger partial charge is 0.464 e. The van der Waals surface area contributed by atoms with Crippen molar-refractivity contribution in [3.8, 4) is 34.2 Å². The molecule has 6 bridgehead atoms. The fourth-order valence-electron chi connectivity index (χ4n) is 10.2. The van der Waals surface area contributed by atoms with Crippen LogP contribution in [0.15, 0.2) is 60.8 Å². The van der Waals surface area contributed by atoms with E-state index in [4.69, 9.17) is 14.5 Å². The lowest BCUT2D eigenvalue weighted by Gasteiger charge is -2.37. The van der Waals surface area contributed by atoms with Crippen LogP contribution < -0.4 is 10.7 Å². The molecular weight excluding hydrogens is 847 g/mol. The van der Waals surface area contributed by atoms with E-state index in [-0.39, 0.29) is 49.3 Å². The van der Waals surface area contributed by atoms with Crippen LogP contribution in [0.25, 0.3) is 33.3 Å². The highest BCUT2D eigenvalue weighted by atomic mass is 16.5. The Morgan fingerprint density at radius 3 is 2.54 bits per heavy atom. The molecule has 6 atom stereocenters. The number of aromatic nitrogens is 2. The molecule has 0 saturated carbocycles. The Labute approximate surface area is 395 Å². The van der Waals surface area contributed by atoms with E-state index in [2.05, 4.69) is 84.3 Å². The number of nitrogens with zero attached hydrogens (tertiary/aromatic N) is 5.